The van der Waals surface area contributed by atoms with Gasteiger partial charge >= 0.3 is 16.9 Å². The van der Waals surface area contributed by atoms with Gasteiger partial charge in [-0.2, -0.15) is 22.7 Å². The first-order valence-corrected chi connectivity index (χ1v) is 9.62. The molecule has 0 spiro atoms. The molecule has 0 aromatic carbocycles. The van der Waals surface area contributed by atoms with Crippen molar-refractivity contribution in [2.75, 3.05) is 0 Å². The molecule has 1 aliphatic carbocycles. The van der Waals surface area contributed by atoms with Crippen LogP contribution in [-0.4, -0.2) is 36.8 Å². The monoisotopic (exact) mass is 479 g/mol. The Balaban J connectivity index is 2.00. The number of carboxylic acid groups (broad SMARTS) is 1. The van der Waals surface area contributed by atoms with E-state index in [1.165, 1.54) is 6.20 Å². The van der Waals surface area contributed by atoms with E-state index in [0.29, 0.717) is 30.5 Å². The molecule has 0 amide bonds. The summed E-state index contributed by atoms with van der Waals surface area (Å²) in [4.78, 5) is 10.6. The topological polar surface area (TPSA) is 77.2 Å². The van der Waals surface area contributed by atoms with Gasteiger partial charge in [-0.05, 0) is 32.8 Å². The van der Waals surface area contributed by atoms with Gasteiger partial charge in [-0.3, -0.25) is 14.5 Å². The van der Waals surface area contributed by atoms with E-state index in [1.807, 2.05) is 13.8 Å². The van der Waals surface area contributed by atoms with Gasteiger partial charge in [-0.15, -0.1) is 0 Å². The highest BCUT2D eigenvalue weighted by molar-refractivity contribution is 9.10. The summed E-state index contributed by atoms with van der Waals surface area (Å²) < 4.78 is 58.9. The number of ether oxygens (including phenoxy) is 1. The number of aliphatic carboxylic acids is 1. The molecule has 0 aliphatic heterocycles. The maximum absolute atomic E-state index is 13.5. The van der Waals surface area contributed by atoms with Gasteiger partial charge < -0.3 is 9.84 Å². The first-order valence-electron chi connectivity index (χ1n) is 8.82. The molecule has 158 valence electrons. The number of nitrogens with zero attached hydrogens (tertiary/aromatic N) is 3. The number of pyridine rings is 1. The van der Waals surface area contributed by atoms with Crippen LogP contribution >= 0.6 is 15.9 Å². The van der Waals surface area contributed by atoms with Crippen molar-refractivity contribution in [3.8, 4) is 17.0 Å². The van der Waals surface area contributed by atoms with Gasteiger partial charge in [0.1, 0.15) is 5.75 Å². The van der Waals surface area contributed by atoms with Gasteiger partial charge in [0, 0.05) is 51.4 Å². The highest BCUT2D eigenvalue weighted by Gasteiger charge is 2.57. The van der Waals surface area contributed by atoms with Gasteiger partial charge in [0.05, 0.1) is 17.8 Å². The number of halogens is 5. The Morgan fingerprint density at radius 1 is 1.34 bits per heavy atom. The third kappa shape index (κ3) is 4.24. The van der Waals surface area contributed by atoms with Crippen LogP contribution in [0.2, 0.25) is 0 Å². The van der Waals surface area contributed by atoms with Crippen molar-refractivity contribution in [3.05, 3.63) is 29.7 Å². The van der Waals surface area contributed by atoms with E-state index in [2.05, 4.69) is 14.8 Å². The van der Waals surface area contributed by atoms with Gasteiger partial charge in [0.25, 0.3) is 0 Å². The van der Waals surface area contributed by atoms with E-state index in [4.69, 9.17) is 0 Å². The van der Waals surface area contributed by atoms with Crippen molar-refractivity contribution in [1.82, 2.24) is 14.8 Å². The zero-order valence-corrected chi connectivity index (χ0v) is 17.1. The summed E-state index contributed by atoms with van der Waals surface area (Å²) in [5, 5.41) is 13.9. The number of carboxylic acids is 1. The average molecular weight is 480 g/mol. The number of hydrogen-bond acceptors (Lipinski definition) is 4. The number of hydrogen-bond donors (Lipinski definition) is 1. The van der Waals surface area contributed by atoms with Gasteiger partial charge in [-0.25, -0.2) is 0 Å². The summed E-state index contributed by atoms with van der Waals surface area (Å²) in [6, 6.07) is 1.10. The molecule has 29 heavy (non-hydrogen) atoms. The second-order valence-electron chi connectivity index (χ2n) is 7.12. The molecule has 0 bridgehead atoms. The summed E-state index contributed by atoms with van der Waals surface area (Å²) in [5.41, 5.74) is 2.33. The number of alkyl halides is 5. The Morgan fingerprint density at radius 2 is 2.03 bits per heavy atom. The zero-order chi connectivity index (χ0) is 21.6. The van der Waals surface area contributed by atoms with Crippen LogP contribution < -0.4 is 4.74 Å². The van der Waals surface area contributed by atoms with E-state index < -0.39 is 28.6 Å². The molecule has 0 saturated heterocycles. The zero-order valence-electron chi connectivity index (χ0n) is 15.5. The predicted molar refractivity (Wildman–Crippen MR) is 98.4 cm³/mol. The first kappa shape index (κ1) is 21.5. The fourth-order valence-corrected chi connectivity index (χ4v) is 3.40. The minimum atomic E-state index is -4.78. The number of carbonyl (C=O) groups is 1. The Morgan fingerprint density at radius 3 is 2.62 bits per heavy atom. The SMILES string of the molecule is CC(C)n1nc(-c2cncc(OC(F)(F)C(F)(F)Br)c2)c2c1C[C@H](C(=O)O)CC2. The Hall–Kier alpha value is -2.17. The molecule has 0 saturated carbocycles. The van der Waals surface area contributed by atoms with Crippen LogP contribution in [0.1, 0.15) is 37.6 Å². The fraction of sp³-hybridized carbons (Fsp3) is 0.500. The Kier molecular flexibility index (Phi) is 5.63. The third-order valence-corrected chi connectivity index (χ3v) is 5.16. The minimum Gasteiger partial charge on any atom is -0.481 e. The smallest absolute Gasteiger partial charge is 0.475 e. The molecule has 1 aliphatic rings. The summed E-state index contributed by atoms with van der Waals surface area (Å²) in [7, 11) is 0. The first-order chi connectivity index (χ1) is 13.4. The van der Waals surface area contributed by atoms with Gasteiger partial charge in [0.2, 0.25) is 0 Å². The van der Waals surface area contributed by atoms with E-state index in [-0.39, 0.29) is 6.04 Å². The number of rotatable bonds is 6. The van der Waals surface area contributed by atoms with Crippen molar-refractivity contribution < 1.29 is 32.2 Å². The molecular formula is C18H18BrF4N3O3. The molecule has 0 unspecified atom stereocenters. The van der Waals surface area contributed by atoms with Crippen molar-refractivity contribution in [1.29, 1.82) is 0 Å². The lowest BCUT2D eigenvalue weighted by Crippen LogP contribution is -2.40. The summed E-state index contributed by atoms with van der Waals surface area (Å²) >= 11 is 1.61. The van der Waals surface area contributed by atoms with Crippen molar-refractivity contribution >= 4 is 21.9 Å². The molecule has 11 heteroatoms. The molecule has 2 heterocycles. The van der Waals surface area contributed by atoms with Crippen LogP contribution in [0.15, 0.2) is 18.5 Å². The molecule has 3 rings (SSSR count). The molecule has 0 radical (unpaired) electrons. The van der Waals surface area contributed by atoms with E-state index in [9.17, 15) is 27.5 Å². The highest BCUT2D eigenvalue weighted by atomic mass is 79.9. The summed E-state index contributed by atoms with van der Waals surface area (Å²) in [5.74, 6) is -1.96. The van der Waals surface area contributed by atoms with Crippen molar-refractivity contribution in [2.45, 2.75) is 50.1 Å². The van der Waals surface area contributed by atoms with E-state index >= 15 is 0 Å². The Labute approximate surface area is 172 Å². The third-order valence-electron chi connectivity index (χ3n) is 4.70. The van der Waals surface area contributed by atoms with Crippen molar-refractivity contribution in [2.24, 2.45) is 5.92 Å². The lowest BCUT2D eigenvalue weighted by molar-refractivity contribution is -0.266. The van der Waals surface area contributed by atoms with Gasteiger partial charge in [0.15, 0.2) is 0 Å². The van der Waals surface area contributed by atoms with Crippen molar-refractivity contribution in [3.63, 3.8) is 0 Å². The Bertz CT molecular complexity index is 928. The maximum atomic E-state index is 13.5. The van der Waals surface area contributed by atoms with Crippen LogP contribution in [0.5, 0.6) is 5.75 Å². The molecule has 0 fully saturated rings. The molecule has 1 N–H and O–H groups in total. The lowest BCUT2D eigenvalue weighted by Gasteiger charge is -2.22. The molecule has 2 aromatic rings. The number of fused-ring (bicyclic) bond motifs is 1. The molecule has 2 aromatic heterocycles. The molecule has 1 atom stereocenters. The highest BCUT2D eigenvalue weighted by Crippen LogP contribution is 2.41. The summed E-state index contributed by atoms with van der Waals surface area (Å²) in [6.07, 6.45) is -1.35. The normalized spacial score (nSPS) is 17.3. The fourth-order valence-electron chi connectivity index (χ4n) is 3.32. The second kappa shape index (κ2) is 7.58. The maximum Gasteiger partial charge on any atom is 0.475 e. The minimum absolute atomic E-state index is 0.0612. The van der Waals surface area contributed by atoms with E-state index in [1.54, 1.807) is 20.6 Å². The summed E-state index contributed by atoms with van der Waals surface area (Å²) in [6.45, 7) is 3.77. The standard InChI is InChI=1S/C18H18BrF4N3O3/c1-9(2)26-14-6-10(16(27)28)3-4-13(14)15(25-26)11-5-12(8-24-7-11)29-18(22,23)17(19,20)21/h5,7-10H,3-4,6H2,1-2H3,(H,27,28)/t10-/m1/s1. The van der Waals surface area contributed by atoms with Crippen LogP contribution in [0, 0.1) is 5.92 Å². The second-order valence-corrected chi connectivity index (χ2v) is 8.11. The molecule has 6 nitrogen and oxygen atoms in total. The van der Waals surface area contributed by atoms with E-state index in [0.717, 1.165) is 23.5 Å². The molecular weight excluding hydrogens is 462 g/mol. The van der Waals surface area contributed by atoms with Gasteiger partial charge in [-0.1, -0.05) is 0 Å². The quantitative estimate of drug-likeness (QED) is 0.480. The predicted octanol–water partition coefficient (Wildman–Crippen LogP) is 4.67. The lowest BCUT2D eigenvalue weighted by atomic mass is 9.86. The van der Waals surface area contributed by atoms with Crippen LogP contribution in [0.3, 0.4) is 0 Å². The number of aromatic nitrogens is 3. The van der Waals surface area contributed by atoms with Crippen LogP contribution in [0.25, 0.3) is 11.3 Å². The van der Waals surface area contributed by atoms with Crippen LogP contribution in [-0.2, 0) is 17.6 Å². The average Bonchev–Trinajstić information content (AvgIpc) is 2.99. The van der Waals surface area contributed by atoms with Crippen LogP contribution in [0.4, 0.5) is 17.6 Å². The largest absolute Gasteiger partial charge is 0.481 e.